The molecule has 1 aliphatic carbocycles. The summed E-state index contributed by atoms with van der Waals surface area (Å²) in [5.41, 5.74) is 0. The summed E-state index contributed by atoms with van der Waals surface area (Å²) in [5, 5.41) is 4.22. The first-order chi connectivity index (χ1) is 9.33. The molecule has 1 unspecified atom stereocenters. The second-order valence-corrected chi connectivity index (χ2v) is 6.93. The van der Waals surface area contributed by atoms with Gasteiger partial charge in [0.15, 0.2) is 5.17 Å². The van der Waals surface area contributed by atoms with Gasteiger partial charge < -0.3 is 10.1 Å². The third-order valence-corrected chi connectivity index (χ3v) is 5.65. The maximum absolute atomic E-state index is 11.9. The monoisotopic (exact) mass is 282 g/mol. The number of amidine groups is 1. The highest BCUT2D eigenvalue weighted by Crippen LogP contribution is 2.32. The highest BCUT2D eigenvalue weighted by atomic mass is 32.2. The molecule has 0 aromatic heterocycles. The van der Waals surface area contributed by atoms with Gasteiger partial charge in [0.25, 0.3) is 5.91 Å². The summed E-state index contributed by atoms with van der Waals surface area (Å²) in [6.07, 6.45) is 7.72. The number of hydrogen-bond acceptors (Lipinski definition) is 4. The van der Waals surface area contributed by atoms with Crippen molar-refractivity contribution in [3.05, 3.63) is 0 Å². The summed E-state index contributed by atoms with van der Waals surface area (Å²) in [6, 6.07) is 0. The number of aliphatic imine (C=N–C) groups is 1. The van der Waals surface area contributed by atoms with Gasteiger partial charge in [-0.15, -0.1) is 0 Å². The molecule has 0 aromatic carbocycles. The van der Waals surface area contributed by atoms with E-state index in [1.165, 1.54) is 32.1 Å². The van der Waals surface area contributed by atoms with Crippen LogP contribution in [0.5, 0.6) is 0 Å². The molecule has 3 rings (SSSR count). The van der Waals surface area contributed by atoms with Gasteiger partial charge in [0.05, 0.1) is 11.9 Å². The van der Waals surface area contributed by atoms with Crippen LogP contribution in [0.2, 0.25) is 0 Å². The summed E-state index contributed by atoms with van der Waals surface area (Å²) in [7, 11) is 0. The molecule has 0 spiro atoms. The van der Waals surface area contributed by atoms with E-state index in [-0.39, 0.29) is 11.2 Å². The number of carbonyl (C=O) groups excluding carboxylic acids is 1. The number of nitrogens with zero attached hydrogens (tertiary/aromatic N) is 1. The summed E-state index contributed by atoms with van der Waals surface area (Å²) in [4.78, 5) is 16.1. The molecule has 106 valence electrons. The highest BCUT2D eigenvalue weighted by Gasteiger charge is 2.37. The van der Waals surface area contributed by atoms with E-state index in [9.17, 15) is 4.79 Å². The normalized spacial score (nSPS) is 32.6. The van der Waals surface area contributed by atoms with Crippen LogP contribution in [0.25, 0.3) is 0 Å². The molecule has 0 bridgehead atoms. The maximum Gasteiger partial charge on any atom is 0.262 e. The van der Waals surface area contributed by atoms with Crippen LogP contribution < -0.4 is 5.32 Å². The average Bonchev–Trinajstić information content (AvgIpc) is 3.07. The van der Waals surface area contributed by atoms with Crippen LogP contribution >= 0.6 is 11.8 Å². The lowest BCUT2D eigenvalue weighted by Crippen LogP contribution is -2.28. The molecule has 1 saturated heterocycles. The lowest BCUT2D eigenvalue weighted by Gasteiger charge is -2.22. The Kier molecular flexibility index (Phi) is 4.43. The van der Waals surface area contributed by atoms with Gasteiger partial charge in [-0.3, -0.25) is 4.79 Å². The Hall–Kier alpha value is -0.550. The lowest BCUT2D eigenvalue weighted by atomic mass is 9.89. The van der Waals surface area contributed by atoms with Crippen LogP contribution in [0.15, 0.2) is 4.99 Å². The van der Waals surface area contributed by atoms with Crippen molar-refractivity contribution in [2.24, 2.45) is 16.8 Å². The number of thioether (sulfide) groups is 1. The van der Waals surface area contributed by atoms with E-state index in [1.807, 2.05) is 0 Å². The molecule has 1 N–H and O–H groups in total. The van der Waals surface area contributed by atoms with Crippen molar-refractivity contribution in [3.8, 4) is 0 Å². The molecular weight excluding hydrogens is 260 g/mol. The molecule has 19 heavy (non-hydrogen) atoms. The smallest absolute Gasteiger partial charge is 0.262 e. The minimum absolute atomic E-state index is 0.00337. The average molecular weight is 282 g/mol. The van der Waals surface area contributed by atoms with Crippen molar-refractivity contribution in [2.75, 3.05) is 19.8 Å². The van der Waals surface area contributed by atoms with Crippen LogP contribution in [0.4, 0.5) is 0 Å². The SMILES string of the molecule is O=C1N=C(NCC2CCCCC2)SC1[C@H]1CCOC1. The van der Waals surface area contributed by atoms with E-state index in [0.717, 1.165) is 37.3 Å². The van der Waals surface area contributed by atoms with Crippen LogP contribution in [-0.4, -0.2) is 36.1 Å². The number of rotatable bonds is 3. The van der Waals surface area contributed by atoms with E-state index in [4.69, 9.17) is 4.74 Å². The van der Waals surface area contributed by atoms with Crippen molar-refractivity contribution in [1.29, 1.82) is 0 Å². The first-order valence-electron chi connectivity index (χ1n) is 7.44. The van der Waals surface area contributed by atoms with E-state index >= 15 is 0 Å². The van der Waals surface area contributed by atoms with Crippen molar-refractivity contribution in [2.45, 2.75) is 43.8 Å². The molecule has 3 aliphatic rings. The number of hydrogen-bond donors (Lipinski definition) is 1. The zero-order valence-corrected chi connectivity index (χ0v) is 12.1. The zero-order chi connectivity index (χ0) is 13.1. The van der Waals surface area contributed by atoms with Gasteiger partial charge in [0, 0.05) is 19.1 Å². The minimum atomic E-state index is -0.00337. The largest absolute Gasteiger partial charge is 0.381 e. The highest BCUT2D eigenvalue weighted by molar-refractivity contribution is 8.15. The number of carbonyl (C=O) groups is 1. The quantitative estimate of drug-likeness (QED) is 0.862. The predicted molar refractivity (Wildman–Crippen MR) is 77.3 cm³/mol. The number of amides is 1. The van der Waals surface area contributed by atoms with E-state index in [0.29, 0.717) is 5.92 Å². The van der Waals surface area contributed by atoms with Crippen LogP contribution in [0, 0.1) is 11.8 Å². The van der Waals surface area contributed by atoms with E-state index in [2.05, 4.69) is 10.3 Å². The van der Waals surface area contributed by atoms with Crippen molar-refractivity contribution in [3.63, 3.8) is 0 Å². The Bertz CT molecular complexity index is 360. The minimum Gasteiger partial charge on any atom is -0.381 e. The maximum atomic E-state index is 11.9. The topological polar surface area (TPSA) is 50.7 Å². The second kappa shape index (κ2) is 6.27. The van der Waals surface area contributed by atoms with E-state index < -0.39 is 0 Å². The fraction of sp³-hybridized carbons (Fsp3) is 0.857. The molecule has 1 saturated carbocycles. The molecule has 2 heterocycles. The second-order valence-electron chi connectivity index (χ2n) is 5.80. The first kappa shape index (κ1) is 13.4. The molecule has 2 aliphatic heterocycles. The van der Waals surface area contributed by atoms with Gasteiger partial charge in [-0.2, -0.15) is 4.99 Å². The third kappa shape index (κ3) is 3.31. The van der Waals surface area contributed by atoms with Crippen LogP contribution in [0.1, 0.15) is 38.5 Å². The fourth-order valence-corrected chi connectivity index (χ4v) is 4.26. The van der Waals surface area contributed by atoms with E-state index in [1.54, 1.807) is 11.8 Å². The van der Waals surface area contributed by atoms with Gasteiger partial charge >= 0.3 is 0 Å². The summed E-state index contributed by atoms with van der Waals surface area (Å²) >= 11 is 1.61. The third-order valence-electron chi connectivity index (χ3n) is 4.35. The number of nitrogens with one attached hydrogen (secondary N) is 1. The van der Waals surface area contributed by atoms with Crippen molar-refractivity contribution >= 4 is 22.8 Å². The summed E-state index contributed by atoms with van der Waals surface area (Å²) < 4.78 is 5.37. The van der Waals surface area contributed by atoms with Crippen molar-refractivity contribution < 1.29 is 9.53 Å². The molecule has 4 nitrogen and oxygen atoms in total. The Morgan fingerprint density at radius 3 is 2.84 bits per heavy atom. The van der Waals surface area contributed by atoms with Crippen molar-refractivity contribution in [1.82, 2.24) is 5.32 Å². The zero-order valence-electron chi connectivity index (χ0n) is 11.3. The number of ether oxygens (including phenoxy) is 1. The van der Waals surface area contributed by atoms with Crippen LogP contribution in [0.3, 0.4) is 0 Å². The first-order valence-corrected chi connectivity index (χ1v) is 8.31. The molecule has 0 radical (unpaired) electrons. The Morgan fingerprint density at radius 2 is 2.11 bits per heavy atom. The standard InChI is InChI=1S/C14H22N2O2S/c17-13-12(11-6-7-18-9-11)19-14(16-13)15-8-10-4-2-1-3-5-10/h10-12H,1-9H2,(H,15,16,17)/t11-,12?/m0/s1. The molecular formula is C14H22N2O2S. The van der Waals surface area contributed by atoms with Crippen LogP contribution in [-0.2, 0) is 9.53 Å². The summed E-state index contributed by atoms with van der Waals surface area (Å²) in [5.74, 6) is 1.16. The molecule has 2 fully saturated rings. The molecule has 1 amide bonds. The van der Waals surface area contributed by atoms with Gasteiger partial charge in [-0.25, -0.2) is 0 Å². The summed E-state index contributed by atoms with van der Waals surface area (Å²) in [6.45, 7) is 2.49. The molecule has 5 heteroatoms. The van der Waals surface area contributed by atoms with Gasteiger partial charge in [0.1, 0.15) is 0 Å². The Morgan fingerprint density at radius 1 is 1.26 bits per heavy atom. The predicted octanol–water partition coefficient (Wildman–Crippen LogP) is 2.19. The Balaban J connectivity index is 1.46. The van der Waals surface area contributed by atoms with Gasteiger partial charge in [0.2, 0.25) is 0 Å². The fourth-order valence-electron chi connectivity index (χ4n) is 3.15. The molecule has 2 atom stereocenters. The van der Waals surface area contributed by atoms with Gasteiger partial charge in [-0.05, 0) is 25.2 Å². The van der Waals surface area contributed by atoms with Gasteiger partial charge in [-0.1, -0.05) is 31.0 Å². The lowest BCUT2D eigenvalue weighted by molar-refractivity contribution is -0.117. The Labute approximate surface area is 118 Å². The molecule has 0 aromatic rings.